The van der Waals surface area contributed by atoms with E-state index in [0.717, 1.165) is 30.6 Å². The summed E-state index contributed by atoms with van der Waals surface area (Å²) in [6.45, 7) is 3.20. The van der Waals surface area contributed by atoms with E-state index in [1.165, 1.54) is 6.26 Å². The van der Waals surface area contributed by atoms with Gasteiger partial charge in [-0.15, -0.1) is 0 Å². The third-order valence-corrected chi connectivity index (χ3v) is 5.38. The smallest absolute Gasteiger partial charge is 0.290 e. The molecule has 1 N–H and O–H groups in total. The highest BCUT2D eigenvalue weighted by Gasteiger charge is 2.35. The molecule has 2 aliphatic rings. The van der Waals surface area contributed by atoms with Crippen molar-refractivity contribution in [1.82, 2.24) is 4.90 Å². The van der Waals surface area contributed by atoms with Crippen molar-refractivity contribution in [2.75, 3.05) is 23.3 Å². The number of benzene rings is 1. The zero-order valence-corrected chi connectivity index (χ0v) is 15.8. The van der Waals surface area contributed by atoms with Gasteiger partial charge in [-0.05, 0) is 62.1 Å². The van der Waals surface area contributed by atoms with Gasteiger partial charge in [-0.2, -0.15) is 0 Å². The van der Waals surface area contributed by atoms with Crippen LogP contribution in [0.1, 0.15) is 41.8 Å². The Labute approximate surface area is 163 Å². The third kappa shape index (κ3) is 3.40. The highest BCUT2D eigenvalue weighted by Crippen LogP contribution is 2.28. The highest BCUT2D eigenvalue weighted by atomic mass is 16.3. The highest BCUT2D eigenvalue weighted by molar-refractivity contribution is 6.01. The van der Waals surface area contributed by atoms with Gasteiger partial charge in [0.1, 0.15) is 6.04 Å². The Bertz CT molecular complexity index is 906. The Hall–Kier alpha value is -3.09. The minimum Gasteiger partial charge on any atom is -0.459 e. The van der Waals surface area contributed by atoms with E-state index >= 15 is 0 Å². The standard InChI is InChI=1S/C21H23N3O4/c1-14-13-15(8-9-16(14)23-10-3-7-19(23)25)22-20(26)17-5-2-11-24(17)21(27)18-6-4-12-28-18/h4,6,8-9,12-13,17H,2-3,5,7,10-11H2,1H3,(H,22,26)/t17-/m1/s1. The average molecular weight is 381 g/mol. The molecule has 1 aromatic heterocycles. The molecule has 1 atom stereocenters. The van der Waals surface area contributed by atoms with Crippen molar-refractivity contribution in [3.63, 3.8) is 0 Å². The molecule has 2 fully saturated rings. The van der Waals surface area contributed by atoms with Gasteiger partial charge in [0, 0.05) is 30.9 Å². The Morgan fingerprint density at radius 1 is 1.18 bits per heavy atom. The number of hydrogen-bond acceptors (Lipinski definition) is 4. The molecule has 0 bridgehead atoms. The second-order valence-electron chi connectivity index (χ2n) is 7.27. The second-order valence-corrected chi connectivity index (χ2v) is 7.27. The summed E-state index contributed by atoms with van der Waals surface area (Å²) < 4.78 is 5.19. The molecule has 0 unspecified atom stereocenters. The largest absolute Gasteiger partial charge is 0.459 e. The molecule has 2 aromatic rings. The van der Waals surface area contributed by atoms with Gasteiger partial charge < -0.3 is 19.5 Å². The summed E-state index contributed by atoms with van der Waals surface area (Å²) in [5.74, 6) is -0.0865. The fourth-order valence-corrected chi connectivity index (χ4v) is 3.99. The molecular formula is C21H23N3O4. The van der Waals surface area contributed by atoms with E-state index in [-0.39, 0.29) is 23.5 Å². The summed E-state index contributed by atoms with van der Waals surface area (Å²) in [6.07, 6.45) is 4.31. The zero-order valence-electron chi connectivity index (χ0n) is 15.8. The van der Waals surface area contributed by atoms with Crippen molar-refractivity contribution < 1.29 is 18.8 Å². The quantitative estimate of drug-likeness (QED) is 0.883. The number of hydrogen-bond donors (Lipinski definition) is 1. The van der Waals surface area contributed by atoms with Crippen LogP contribution in [0, 0.1) is 6.92 Å². The number of nitrogens with one attached hydrogen (secondary N) is 1. The van der Waals surface area contributed by atoms with Crippen LogP contribution in [-0.4, -0.2) is 41.8 Å². The van der Waals surface area contributed by atoms with Crippen LogP contribution in [0.4, 0.5) is 11.4 Å². The summed E-state index contributed by atoms with van der Waals surface area (Å²) in [5, 5.41) is 2.92. The molecule has 0 spiro atoms. The van der Waals surface area contributed by atoms with E-state index in [9.17, 15) is 14.4 Å². The lowest BCUT2D eigenvalue weighted by Gasteiger charge is -2.23. The van der Waals surface area contributed by atoms with Crippen LogP contribution in [0.3, 0.4) is 0 Å². The van der Waals surface area contributed by atoms with Gasteiger partial charge in [0.05, 0.1) is 6.26 Å². The summed E-state index contributed by atoms with van der Waals surface area (Å²) in [7, 11) is 0. The van der Waals surface area contributed by atoms with Gasteiger partial charge in [-0.25, -0.2) is 0 Å². The van der Waals surface area contributed by atoms with E-state index in [0.29, 0.717) is 25.1 Å². The molecule has 2 saturated heterocycles. The number of furan rings is 1. The molecule has 1 aromatic carbocycles. The first kappa shape index (κ1) is 18.3. The molecule has 0 radical (unpaired) electrons. The van der Waals surface area contributed by atoms with Crippen LogP contribution < -0.4 is 10.2 Å². The fourth-order valence-electron chi connectivity index (χ4n) is 3.99. The molecule has 3 amide bonds. The summed E-state index contributed by atoms with van der Waals surface area (Å²) in [5.41, 5.74) is 2.48. The van der Waals surface area contributed by atoms with Crippen LogP contribution >= 0.6 is 0 Å². The number of carbonyl (C=O) groups excluding carboxylic acids is 3. The summed E-state index contributed by atoms with van der Waals surface area (Å²) in [6, 6.07) is 8.30. The molecular weight excluding hydrogens is 358 g/mol. The van der Waals surface area contributed by atoms with E-state index in [2.05, 4.69) is 5.32 Å². The van der Waals surface area contributed by atoms with E-state index in [1.54, 1.807) is 28.0 Å². The lowest BCUT2D eigenvalue weighted by Crippen LogP contribution is -2.43. The van der Waals surface area contributed by atoms with Gasteiger partial charge in [0.25, 0.3) is 5.91 Å². The number of nitrogens with zero attached hydrogens (tertiary/aromatic N) is 2. The Morgan fingerprint density at radius 2 is 2.04 bits per heavy atom. The maximum Gasteiger partial charge on any atom is 0.290 e. The third-order valence-electron chi connectivity index (χ3n) is 5.38. The molecule has 146 valence electrons. The zero-order chi connectivity index (χ0) is 19.7. The fraction of sp³-hybridized carbons (Fsp3) is 0.381. The van der Waals surface area contributed by atoms with Crippen molar-refractivity contribution >= 4 is 29.1 Å². The van der Waals surface area contributed by atoms with Gasteiger partial charge in [0.2, 0.25) is 11.8 Å². The van der Waals surface area contributed by atoms with Crippen molar-refractivity contribution in [2.24, 2.45) is 0 Å². The molecule has 2 aliphatic heterocycles. The van der Waals surface area contributed by atoms with Crippen LogP contribution in [0.5, 0.6) is 0 Å². The number of aryl methyl sites for hydroxylation is 1. The van der Waals surface area contributed by atoms with Crippen molar-refractivity contribution in [3.05, 3.63) is 47.9 Å². The Kier molecular flexibility index (Phi) is 4.90. The Morgan fingerprint density at radius 3 is 2.71 bits per heavy atom. The van der Waals surface area contributed by atoms with Crippen LogP contribution in [0.2, 0.25) is 0 Å². The predicted molar refractivity (Wildman–Crippen MR) is 104 cm³/mol. The molecule has 28 heavy (non-hydrogen) atoms. The minimum atomic E-state index is -0.516. The number of amides is 3. The molecule has 7 nitrogen and oxygen atoms in total. The van der Waals surface area contributed by atoms with Crippen molar-refractivity contribution in [2.45, 2.75) is 38.6 Å². The minimum absolute atomic E-state index is 0.137. The molecule has 4 rings (SSSR count). The maximum atomic E-state index is 12.8. The SMILES string of the molecule is Cc1cc(NC(=O)[C@H]2CCCN2C(=O)c2ccco2)ccc1N1CCCC1=O. The second kappa shape index (κ2) is 7.50. The molecule has 7 heteroatoms. The topological polar surface area (TPSA) is 82.9 Å². The maximum absolute atomic E-state index is 12.8. The lowest BCUT2D eigenvalue weighted by molar-refractivity contribution is -0.120. The van der Waals surface area contributed by atoms with E-state index in [1.807, 2.05) is 19.1 Å². The van der Waals surface area contributed by atoms with Gasteiger partial charge in [-0.3, -0.25) is 14.4 Å². The van der Waals surface area contributed by atoms with Crippen molar-refractivity contribution in [1.29, 1.82) is 0 Å². The Balaban J connectivity index is 1.46. The van der Waals surface area contributed by atoms with Gasteiger partial charge in [0.15, 0.2) is 5.76 Å². The number of likely N-dealkylation sites (tertiary alicyclic amines) is 1. The monoisotopic (exact) mass is 381 g/mol. The van der Waals surface area contributed by atoms with E-state index in [4.69, 9.17) is 4.42 Å². The first-order valence-corrected chi connectivity index (χ1v) is 9.61. The lowest BCUT2D eigenvalue weighted by atomic mass is 10.1. The average Bonchev–Trinajstić information content (AvgIpc) is 3.43. The van der Waals surface area contributed by atoms with Crippen LogP contribution in [0.25, 0.3) is 0 Å². The normalized spacial score (nSPS) is 19.3. The van der Waals surface area contributed by atoms with E-state index < -0.39 is 6.04 Å². The van der Waals surface area contributed by atoms with Crippen molar-refractivity contribution in [3.8, 4) is 0 Å². The summed E-state index contributed by atoms with van der Waals surface area (Å²) in [4.78, 5) is 40.7. The number of anilines is 2. The van der Waals surface area contributed by atoms with Gasteiger partial charge >= 0.3 is 0 Å². The first-order chi connectivity index (χ1) is 13.5. The van der Waals surface area contributed by atoms with Gasteiger partial charge in [-0.1, -0.05) is 0 Å². The summed E-state index contributed by atoms with van der Waals surface area (Å²) >= 11 is 0. The van der Waals surface area contributed by atoms with Crippen LogP contribution in [0.15, 0.2) is 41.0 Å². The first-order valence-electron chi connectivity index (χ1n) is 9.61. The molecule has 0 aliphatic carbocycles. The molecule has 0 saturated carbocycles. The predicted octanol–water partition coefficient (Wildman–Crippen LogP) is 2.96. The number of carbonyl (C=O) groups is 3. The number of rotatable bonds is 4. The molecule has 3 heterocycles. The van der Waals surface area contributed by atoms with Crippen LogP contribution in [-0.2, 0) is 9.59 Å².